The van der Waals surface area contributed by atoms with Crippen LogP contribution in [0.25, 0.3) is 11.3 Å². The maximum absolute atomic E-state index is 6.03. The van der Waals surface area contributed by atoms with Crippen LogP contribution in [0.1, 0.15) is 49.5 Å². The zero-order valence-corrected chi connectivity index (χ0v) is 12.0. The van der Waals surface area contributed by atoms with Crippen molar-refractivity contribution in [3.05, 3.63) is 34.7 Å². The standard InChI is InChI=1S/C16H20N2S/c17-14-10-6-5-9-13(14)15-11-19-16(18-15)12-7-3-1-2-4-8-12/h5-6,9-12H,1-4,7-8,17H2. The van der Waals surface area contributed by atoms with Gasteiger partial charge < -0.3 is 5.73 Å². The van der Waals surface area contributed by atoms with E-state index in [-0.39, 0.29) is 0 Å². The van der Waals surface area contributed by atoms with Gasteiger partial charge in [-0.1, -0.05) is 43.9 Å². The van der Waals surface area contributed by atoms with Gasteiger partial charge >= 0.3 is 0 Å². The molecule has 0 bridgehead atoms. The smallest absolute Gasteiger partial charge is 0.0963 e. The van der Waals surface area contributed by atoms with E-state index in [0.29, 0.717) is 5.92 Å². The van der Waals surface area contributed by atoms with E-state index in [1.165, 1.54) is 43.5 Å². The number of aromatic nitrogens is 1. The van der Waals surface area contributed by atoms with Gasteiger partial charge in [-0.3, -0.25) is 0 Å². The van der Waals surface area contributed by atoms with Crippen molar-refractivity contribution in [2.45, 2.75) is 44.4 Å². The largest absolute Gasteiger partial charge is 0.398 e. The molecule has 100 valence electrons. The lowest BCUT2D eigenvalue weighted by Gasteiger charge is -2.09. The first kappa shape index (κ1) is 12.7. The van der Waals surface area contributed by atoms with E-state index >= 15 is 0 Å². The molecule has 0 spiro atoms. The molecule has 1 aromatic heterocycles. The molecule has 1 aliphatic carbocycles. The Hall–Kier alpha value is -1.35. The molecule has 1 saturated carbocycles. The summed E-state index contributed by atoms with van der Waals surface area (Å²) in [5.41, 5.74) is 8.96. The summed E-state index contributed by atoms with van der Waals surface area (Å²) in [5.74, 6) is 0.672. The maximum atomic E-state index is 6.03. The molecule has 2 nitrogen and oxygen atoms in total. The molecule has 0 saturated heterocycles. The van der Waals surface area contributed by atoms with E-state index in [9.17, 15) is 0 Å². The number of nitrogens with two attached hydrogens (primary N) is 1. The number of hydrogen-bond acceptors (Lipinski definition) is 3. The van der Waals surface area contributed by atoms with E-state index in [0.717, 1.165) is 16.9 Å². The lowest BCUT2D eigenvalue weighted by molar-refractivity contribution is 0.589. The van der Waals surface area contributed by atoms with E-state index in [2.05, 4.69) is 11.4 Å². The summed E-state index contributed by atoms with van der Waals surface area (Å²) >= 11 is 1.80. The van der Waals surface area contributed by atoms with Crippen LogP contribution in [0.15, 0.2) is 29.6 Å². The second-order valence-electron chi connectivity index (χ2n) is 5.35. The highest BCUT2D eigenvalue weighted by Crippen LogP contribution is 2.36. The fraction of sp³-hybridized carbons (Fsp3) is 0.438. The van der Waals surface area contributed by atoms with Gasteiger partial charge in [-0.15, -0.1) is 11.3 Å². The third-order valence-electron chi connectivity index (χ3n) is 3.96. The summed E-state index contributed by atoms with van der Waals surface area (Å²) in [6, 6.07) is 8.00. The van der Waals surface area contributed by atoms with Crippen molar-refractivity contribution in [1.29, 1.82) is 0 Å². The average Bonchev–Trinajstić information content (AvgIpc) is 2.75. The number of hydrogen-bond donors (Lipinski definition) is 1. The van der Waals surface area contributed by atoms with Crippen LogP contribution >= 0.6 is 11.3 Å². The van der Waals surface area contributed by atoms with Crippen LogP contribution in [0.4, 0.5) is 5.69 Å². The van der Waals surface area contributed by atoms with Crippen LogP contribution in [-0.2, 0) is 0 Å². The molecule has 0 atom stereocenters. The van der Waals surface area contributed by atoms with E-state index in [4.69, 9.17) is 10.7 Å². The Morgan fingerprint density at radius 3 is 2.53 bits per heavy atom. The summed E-state index contributed by atoms with van der Waals surface area (Å²) in [6.45, 7) is 0. The molecule has 0 radical (unpaired) electrons. The van der Waals surface area contributed by atoms with Crippen molar-refractivity contribution in [2.24, 2.45) is 0 Å². The number of nitrogens with zero attached hydrogens (tertiary/aromatic N) is 1. The molecular weight excluding hydrogens is 252 g/mol. The van der Waals surface area contributed by atoms with Gasteiger partial charge in [0.05, 0.1) is 10.7 Å². The molecule has 1 fully saturated rings. The van der Waals surface area contributed by atoms with Crippen molar-refractivity contribution in [3.8, 4) is 11.3 Å². The molecule has 2 N–H and O–H groups in total. The van der Waals surface area contributed by atoms with Crippen molar-refractivity contribution in [1.82, 2.24) is 4.98 Å². The molecule has 0 unspecified atom stereocenters. The van der Waals surface area contributed by atoms with Crippen LogP contribution in [0.2, 0.25) is 0 Å². The van der Waals surface area contributed by atoms with Gasteiger partial charge in [0, 0.05) is 22.5 Å². The molecule has 2 aromatic rings. The minimum Gasteiger partial charge on any atom is -0.398 e. The predicted molar refractivity (Wildman–Crippen MR) is 82.4 cm³/mol. The average molecular weight is 272 g/mol. The Morgan fingerprint density at radius 1 is 1.05 bits per heavy atom. The van der Waals surface area contributed by atoms with Gasteiger partial charge in [-0.25, -0.2) is 4.98 Å². The summed E-state index contributed by atoms with van der Waals surface area (Å²) in [5, 5.41) is 3.46. The van der Waals surface area contributed by atoms with Crippen LogP contribution in [-0.4, -0.2) is 4.98 Å². The molecule has 3 heteroatoms. The molecule has 19 heavy (non-hydrogen) atoms. The SMILES string of the molecule is Nc1ccccc1-c1csc(C2CCCCCC2)n1. The molecular formula is C16H20N2S. The molecule has 1 aliphatic rings. The predicted octanol–water partition coefficient (Wildman–Crippen LogP) is 4.83. The second kappa shape index (κ2) is 5.74. The molecule has 1 heterocycles. The van der Waals surface area contributed by atoms with E-state index in [1.54, 1.807) is 11.3 Å². The van der Waals surface area contributed by atoms with Crippen LogP contribution in [0, 0.1) is 0 Å². The quantitative estimate of drug-likeness (QED) is 0.628. The molecule has 3 rings (SSSR count). The number of benzene rings is 1. The van der Waals surface area contributed by atoms with Crippen LogP contribution < -0.4 is 5.73 Å². The second-order valence-corrected chi connectivity index (χ2v) is 6.24. The fourth-order valence-electron chi connectivity index (χ4n) is 2.86. The first-order valence-corrected chi connectivity index (χ1v) is 8.03. The number of thiazole rings is 1. The Kier molecular flexibility index (Phi) is 3.83. The summed E-state index contributed by atoms with van der Waals surface area (Å²) < 4.78 is 0. The first-order chi connectivity index (χ1) is 9.34. The van der Waals surface area contributed by atoms with Crippen molar-refractivity contribution in [3.63, 3.8) is 0 Å². The van der Waals surface area contributed by atoms with Gasteiger partial charge in [0.1, 0.15) is 0 Å². The normalized spacial score (nSPS) is 17.3. The molecule has 0 amide bonds. The Bertz CT molecular complexity index is 539. The third-order valence-corrected chi connectivity index (χ3v) is 4.97. The van der Waals surface area contributed by atoms with E-state index < -0.39 is 0 Å². The van der Waals surface area contributed by atoms with Gasteiger partial charge in [-0.2, -0.15) is 0 Å². The number of rotatable bonds is 2. The highest BCUT2D eigenvalue weighted by atomic mass is 32.1. The Labute approximate surface area is 118 Å². The van der Waals surface area contributed by atoms with Crippen LogP contribution in [0.3, 0.4) is 0 Å². The Morgan fingerprint density at radius 2 is 1.79 bits per heavy atom. The summed E-state index contributed by atoms with van der Waals surface area (Å²) in [7, 11) is 0. The van der Waals surface area contributed by atoms with E-state index in [1.807, 2.05) is 18.2 Å². The minimum absolute atomic E-state index is 0.672. The van der Waals surface area contributed by atoms with Gasteiger partial charge in [-0.05, 0) is 18.9 Å². The number of para-hydroxylation sites is 1. The lowest BCUT2D eigenvalue weighted by atomic mass is 10.0. The topological polar surface area (TPSA) is 38.9 Å². The zero-order chi connectivity index (χ0) is 13.1. The van der Waals surface area contributed by atoms with Crippen molar-refractivity contribution < 1.29 is 0 Å². The summed E-state index contributed by atoms with van der Waals surface area (Å²) in [4.78, 5) is 4.85. The van der Waals surface area contributed by atoms with Crippen molar-refractivity contribution in [2.75, 3.05) is 5.73 Å². The Balaban J connectivity index is 1.85. The molecule has 1 aromatic carbocycles. The minimum atomic E-state index is 0.672. The van der Waals surface area contributed by atoms with Gasteiger partial charge in [0.15, 0.2) is 0 Å². The zero-order valence-electron chi connectivity index (χ0n) is 11.1. The maximum Gasteiger partial charge on any atom is 0.0963 e. The lowest BCUT2D eigenvalue weighted by Crippen LogP contribution is -1.96. The number of nitrogen functional groups attached to an aromatic ring is 1. The third kappa shape index (κ3) is 2.81. The van der Waals surface area contributed by atoms with Gasteiger partial charge in [0.25, 0.3) is 0 Å². The molecule has 0 aliphatic heterocycles. The number of anilines is 1. The van der Waals surface area contributed by atoms with Gasteiger partial charge in [0.2, 0.25) is 0 Å². The summed E-state index contributed by atoms with van der Waals surface area (Å²) in [6.07, 6.45) is 8.09. The first-order valence-electron chi connectivity index (χ1n) is 7.15. The van der Waals surface area contributed by atoms with Crippen LogP contribution in [0.5, 0.6) is 0 Å². The fourth-order valence-corrected chi connectivity index (χ4v) is 3.85. The highest BCUT2D eigenvalue weighted by Gasteiger charge is 2.18. The monoisotopic (exact) mass is 272 g/mol. The van der Waals surface area contributed by atoms with Crippen molar-refractivity contribution >= 4 is 17.0 Å². The highest BCUT2D eigenvalue weighted by molar-refractivity contribution is 7.10.